The fraction of sp³-hybridized carbons (Fsp3) is 0.462. The zero-order valence-electron chi connectivity index (χ0n) is 11.3. The van der Waals surface area contributed by atoms with Crippen molar-refractivity contribution in [1.82, 2.24) is 9.80 Å². The molecule has 1 fully saturated rings. The van der Waals surface area contributed by atoms with Crippen molar-refractivity contribution in [2.24, 2.45) is 5.73 Å². The van der Waals surface area contributed by atoms with Gasteiger partial charge in [0.25, 0.3) is 0 Å². The maximum atomic E-state index is 11.9. The van der Waals surface area contributed by atoms with Gasteiger partial charge in [-0.15, -0.1) is 12.4 Å². The first-order valence-electron chi connectivity index (χ1n) is 6.11. The lowest BCUT2D eigenvalue weighted by atomic mass is 10.1. The van der Waals surface area contributed by atoms with Gasteiger partial charge in [0.2, 0.25) is 0 Å². The van der Waals surface area contributed by atoms with Gasteiger partial charge < -0.3 is 20.9 Å². The van der Waals surface area contributed by atoms with E-state index >= 15 is 0 Å². The van der Waals surface area contributed by atoms with Crippen LogP contribution >= 0.6 is 12.4 Å². The number of benzene rings is 1. The Bertz CT molecular complexity index is 415. The van der Waals surface area contributed by atoms with Gasteiger partial charge in [-0.05, 0) is 31.8 Å². The minimum absolute atomic E-state index is 0. The molecule has 3 N–H and O–H groups in total. The largest absolute Gasteiger partial charge is 0.326 e. The molecule has 1 aromatic carbocycles. The molecule has 19 heavy (non-hydrogen) atoms. The van der Waals surface area contributed by atoms with E-state index in [1.807, 2.05) is 43.3 Å². The fourth-order valence-corrected chi connectivity index (χ4v) is 1.87. The number of anilines is 1. The first-order chi connectivity index (χ1) is 8.60. The monoisotopic (exact) mass is 284 g/mol. The van der Waals surface area contributed by atoms with Crippen molar-refractivity contribution in [2.45, 2.75) is 12.6 Å². The highest BCUT2D eigenvalue weighted by molar-refractivity contribution is 5.89. The second-order valence-electron chi connectivity index (χ2n) is 4.85. The molecule has 0 unspecified atom stereocenters. The minimum Gasteiger partial charge on any atom is -0.326 e. The summed E-state index contributed by atoms with van der Waals surface area (Å²) in [7, 11) is 4.07. The highest BCUT2D eigenvalue weighted by Crippen LogP contribution is 2.15. The van der Waals surface area contributed by atoms with Crippen LogP contribution in [0.25, 0.3) is 0 Å². The number of urea groups is 1. The van der Waals surface area contributed by atoms with Gasteiger partial charge in [0.1, 0.15) is 0 Å². The summed E-state index contributed by atoms with van der Waals surface area (Å²) in [6.45, 7) is 2.10. The number of hydrogen-bond donors (Lipinski definition) is 2. The molecule has 1 aliphatic rings. The molecule has 1 aromatic rings. The van der Waals surface area contributed by atoms with Crippen LogP contribution in [-0.2, 0) is 6.54 Å². The Hall–Kier alpha value is -1.30. The number of carbonyl (C=O) groups excluding carboxylic acids is 1. The summed E-state index contributed by atoms with van der Waals surface area (Å²) >= 11 is 0. The Balaban J connectivity index is 0.00000180. The van der Waals surface area contributed by atoms with Crippen molar-refractivity contribution in [2.75, 3.05) is 32.5 Å². The normalized spacial score (nSPS) is 14.8. The minimum atomic E-state index is -0.0337. The van der Waals surface area contributed by atoms with Crippen LogP contribution < -0.4 is 11.1 Å². The molecule has 1 heterocycles. The van der Waals surface area contributed by atoms with Crippen LogP contribution in [0, 0.1) is 0 Å². The lowest BCUT2D eigenvalue weighted by Gasteiger charge is -2.42. The summed E-state index contributed by atoms with van der Waals surface area (Å²) in [6, 6.07) is 8.05. The average Bonchev–Trinajstić information content (AvgIpc) is 2.27. The molecule has 2 rings (SSSR count). The van der Waals surface area contributed by atoms with E-state index in [1.165, 1.54) is 0 Å². The van der Waals surface area contributed by atoms with Crippen molar-refractivity contribution < 1.29 is 4.79 Å². The maximum absolute atomic E-state index is 11.9. The molecule has 106 valence electrons. The second kappa shape index (κ2) is 6.75. The standard InChI is InChI=1S/C13H20N4O.ClH/c1-16(2)12-8-17(9-12)13(18)15-11-5-3-10(7-14)4-6-11;/h3-6,12H,7-9,14H2,1-2H3,(H,15,18);1H. The number of nitrogens with one attached hydrogen (secondary N) is 1. The Morgan fingerprint density at radius 3 is 2.42 bits per heavy atom. The topological polar surface area (TPSA) is 61.6 Å². The first-order valence-corrected chi connectivity index (χ1v) is 6.11. The molecule has 0 saturated carbocycles. The first kappa shape index (κ1) is 15.8. The van der Waals surface area contributed by atoms with Gasteiger partial charge in [-0.2, -0.15) is 0 Å². The third-order valence-electron chi connectivity index (χ3n) is 3.32. The summed E-state index contributed by atoms with van der Waals surface area (Å²) in [5.41, 5.74) is 7.39. The predicted molar refractivity (Wildman–Crippen MR) is 79.6 cm³/mol. The molecule has 5 nitrogen and oxygen atoms in total. The molecule has 0 spiro atoms. The van der Waals surface area contributed by atoms with Crippen molar-refractivity contribution >= 4 is 24.1 Å². The number of rotatable bonds is 3. The van der Waals surface area contributed by atoms with E-state index in [0.717, 1.165) is 24.3 Å². The quantitative estimate of drug-likeness (QED) is 0.881. The summed E-state index contributed by atoms with van der Waals surface area (Å²) in [5, 5.41) is 2.88. The predicted octanol–water partition coefficient (Wildman–Crippen LogP) is 1.34. The van der Waals surface area contributed by atoms with Crippen LogP contribution in [0.4, 0.5) is 10.5 Å². The number of hydrogen-bond acceptors (Lipinski definition) is 3. The summed E-state index contributed by atoms with van der Waals surface area (Å²) in [4.78, 5) is 15.8. The lowest BCUT2D eigenvalue weighted by molar-refractivity contribution is 0.0942. The van der Waals surface area contributed by atoms with E-state index in [0.29, 0.717) is 12.6 Å². The molecule has 0 aliphatic carbocycles. The SMILES string of the molecule is CN(C)C1CN(C(=O)Nc2ccc(CN)cc2)C1.Cl. The van der Waals surface area contributed by atoms with Gasteiger partial charge in [-0.25, -0.2) is 4.79 Å². The Morgan fingerprint density at radius 1 is 1.37 bits per heavy atom. The summed E-state index contributed by atoms with van der Waals surface area (Å²) in [5.74, 6) is 0. The van der Waals surface area contributed by atoms with Crippen LogP contribution in [0.3, 0.4) is 0 Å². The van der Waals surface area contributed by atoms with Crippen LogP contribution in [0.5, 0.6) is 0 Å². The number of carbonyl (C=O) groups is 1. The molecule has 0 radical (unpaired) electrons. The van der Waals surface area contributed by atoms with E-state index in [9.17, 15) is 4.79 Å². The van der Waals surface area contributed by atoms with E-state index < -0.39 is 0 Å². The number of nitrogens with two attached hydrogens (primary N) is 1. The Kier molecular flexibility index (Phi) is 5.60. The van der Waals surface area contributed by atoms with Crippen molar-refractivity contribution in [1.29, 1.82) is 0 Å². The molecular formula is C13H21ClN4O. The number of amides is 2. The van der Waals surface area contributed by atoms with Crippen LogP contribution in [0.1, 0.15) is 5.56 Å². The van der Waals surface area contributed by atoms with E-state index in [4.69, 9.17) is 5.73 Å². The van der Waals surface area contributed by atoms with Crippen LogP contribution in [0.2, 0.25) is 0 Å². The van der Waals surface area contributed by atoms with Gasteiger partial charge in [-0.3, -0.25) is 0 Å². The van der Waals surface area contributed by atoms with Crippen LogP contribution in [-0.4, -0.2) is 49.1 Å². The lowest BCUT2D eigenvalue weighted by Crippen LogP contribution is -2.60. The average molecular weight is 285 g/mol. The summed E-state index contributed by atoms with van der Waals surface area (Å²) in [6.07, 6.45) is 0. The van der Waals surface area contributed by atoms with E-state index in [2.05, 4.69) is 10.2 Å². The molecule has 0 atom stereocenters. The molecule has 2 amide bonds. The highest BCUT2D eigenvalue weighted by atomic mass is 35.5. The number of nitrogens with zero attached hydrogens (tertiary/aromatic N) is 2. The number of halogens is 1. The third-order valence-corrected chi connectivity index (χ3v) is 3.32. The Morgan fingerprint density at radius 2 is 1.95 bits per heavy atom. The van der Waals surface area contributed by atoms with Crippen molar-refractivity contribution in [3.8, 4) is 0 Å². The molecule has 1 aliphatic heterocycles. The van der Waals surface area contributed by atoms with Gasteiger partial charge >= 0.3 is 6.03 Å². The summed E-state index contributed by atoms with van der Waals surface area (Å²) < 4.78 is 0. The van der Waals surface area contributed by atoms with Crippen LogP contribution in [0.15, 0.2) is 24.3 Å². The van der Waals surface area contributed by atoms with Crippen molar-refractivity contribution in [3.05, 3.63) is 29.8 Å². The van der Waals surface area contributed by atoms with E-state index in [-0.39, 0.29) is 18.4 Å². The van der Waals surface area contributed by atoms with Gasteiger partial charge in [0.15, 0.2) is 0 Å². The zero-order chi connectivity index (χ0) is 13.1. The molecular weight excluding hydrogens is 264 g/mol. The van der Waals surface area contributed by atoms with Gasteiger partial charge in [0, 0.05) is 31.4 Å². The van der Waals surface area contributed by atoms with Crippen molar-refractivity contribution in [3.63, 3.8) is 0 Å². The third kappa shape index (κ3) is 3.83. The second-order valence-corrected chi connectivity index (χ2v) is 4.85. The Labute approximate surface area is 120 Å². The molecule has 1 saturated heterocycles. The highest BCUT2D eigenvalue weighted by Gasteiger charge is 2.31. The molecule has 0 bridgehead atoms. The van der Waals surface area contributed by atoms with Gasteiger partial charge in [0.05, 0.1) is 0 Å². The fourth-order valence-electron chi connectivity index (χ4n) is 1.87. The number of likely N-dealkylation sites (N-methyl/N-ethyl adjacent to an activating group) is 1. The van der Waals surface area contributed by atoms with E-state index in [1.54, 1.807) is 0 Å². The maximum Gasteiger partial charge on any atom is 0.321 e. The number of likely N-dealkylation sites (tertiary alicyclic amines) is 1. The molecule has 6 heteroatoms. The van der Waals surface area contributed by atoms with Gasteiger partial charge in [-0.1, -0.05) is 12.1 Å². The molecule has 0 aromatic heterocycles. The zero-order valence-corrected chi connectivity index (χ0v) is 12.1. The smallest absolute Gasteiger partial charge is 0.321 e.